The standard InChI is InChI=1S/C30H25N3O5S/c1-2-37-27-18-21(15-16-26(27)38-30(36)23-12-7-4-8-13-23)20-31-33-29(35)25(19-24-14-9-17-39-24)32-28(34)22-10-5-3-6-11-22/h3-20H,2H2,1H3,(H,32,34)(H,33,35). The van der Waals surface area contributed by atoms with Crippen molar-refractivity contribution >= 4 is 41.4 Å². The molecule has 0 aliphatic heterocycles. The molecule has 0 unspecified atom stereocenters. The second-order valence-corrected chi connectivity index (χ2v) is 8.97. The maximum absolute atomic E-state index is 12.9. The van der Waals surface area contributed by atoms with Crippen LogP contribution in [0.25, 0.3) is 6.08 Å². The number of nitrogens with zero attached hydrogens (tertiary/aromatic N) is 1. The minimum atomic E-state index is -0.595. The van der Waals surface area contributed by atoms with Crippen LogP contribution in [0.2, 0.25) is 0 Å². The van der Waals surface area contributed by atoms with Crippen molar-refractivity contribution in [3.05, 3.63) is 124 Å². The molecule has 196 valence electrons. The Labute approximate surface area is 229 Å². The largest absolute Gasteiger partial charge is 0.490 e. The van der Waals surface area contributed by atoms with E-state index in [0.717, 1.165) is 4.88 Å². The Hall–Kier alpha value is -5.02. The van der Waals surface area contributed by atoms with Gasteiger partial charge in [0.2, 0.25) is 0 Å². The molecule has 8 nitrogen and oxygen atoms in total. The van der Waals surface area contributed by atoms with E-state index in [2.05, 4.69) is 15.8 Å². The predicted molar refractivity (Wildman–Crippen MR) is 151 cm³/mol. The topological polar surface area (TPSA) is 106 Å². The SMILES string of the molecule is CCOc1cc(C=NNC(=O)C(=Cc2cccs2)NC(=O)c2ccccc2)ccc1OC(=O)c1ccccc1. The minimum absolute atomic E-state index is 0.0432. The quantitative estimate of drug-likeness (QED) is 0.0937. The van der Waals surface area contributed by atoms with Gasteiger partial charge in [-0.15, -0.1) is 11.3 Å². The highest BCUT2D eigenvalue weighted by Gasteiger charge is 2.15. The van der Waals surface area contributed by atoms with Crippen molar-refractivity contribution in [2.75, 3.05) is 6.61 Å². The number of hydrogen-bond acceptors (Lipinski definition) is 7. The van der Waals surface area contributed by atoms with Gasteiger partial charge in [-0.25, -0.2) is 10.2 Å². The molecule has 0 aliphatic rings. The highest BCUT2D eigenvalue weighted by Crippen LogP contribution is 2.29. The van der Waals surface area contributed by atoms with Crippen molar-refractivity contribution in [2.45, 2.75) is 6.92 Å². The second kappa shape index (κ2) is 13.5. The normalized spacial score (nSPS) is 11.2. The minimum Gasteiger partial charge on any atom is -0.490 e. The molecule has 1 aromatic heterocycles. The molecule has 0 saturated heterocycles. The van der Waals surface area contributed by atoms with E-state index in [0.29, 0.717) is 29.0 Å². The van der Waals surface area contributed by atoms with Gasteiger partial charge in [-0.05, 0) is 72.5 Å². The fourth-order valence-corrected chi connectivity index (χ4v) is 4.03. The molecular formula is C30H25N3O5S. The molecule has 39 heavy (non-hydrogen) atoms. The van der Waals surface area contributed by atoms with Gasteiger partial charge in [0.05, 0.1) is 18.4 Å². The Balaban J connectivity index is 1.46. The molecule has 0 aliphatic carbocycles. The van der Waals surface area contributed by atoms with Gasteiger partial charge in [0.1, 0.15) is 5.70 Å². The summed E-state index contributed by atoms with van der Waals surface area (Å²) in [5.41, 5.74) is 3.92. The molecule has 4 rings (SSSR count). The number of ether oxygens (including phenoxy) is 2. The number of benzene rings is 3. The number of rotatable bonds is 10. The molecule has 9 heteroatoms. The second-order valence-electron chi connectivity index (χ2n) is 7.99. The number of hydrazone groups is 1. The third-order valence-electron chi connectivity index (χ3n) is 5.22. The van der Waals surface area contributed by atoms with Crippen molar-refractivity contribution in [2.24, 2.45) is 5.10 Å². The van der Waals surface area contributed by atoms with Gasteiger partial charge >= 0.3 is 5.97 Å². The van der Waals surface area contributed by atoms with Crippen LogP contribution in [0, 0.1) is 0 Å². The van der Waals surface area contributed by atoms with E-state index in [4.69, 9.17) is 9.47 Å². The van der Waals surface area contributed by atoms with E-state index in [1.807, 2.05) is 30.5 Å². The highest BCUT2D eigenvalue weighted by atomic mass is 32.1. The van der Waals surface area contributed by atoms with E-state index >= 15 is 0 Å². The monoisotopic (exact) mass is 539 g/mol. The Morgan fingerprint density at radius 1 is 0.872 bits per heavy atom. The van der Waals surface area contributed by atoms with Crippen LogP contribution >= 0.6 is 11.3 Å². The van der Waals surface area contributed by atoms with Gasteiger partial charge in [0.15, 0.2) is 11.5 Å². The first kappa shape index (κ1) is 27.0. The molecule has 0 saturated carbocycles. The zero-order chi connectivity index (χ0) is 27.5. The summed E-state index contributed by atoms with van der Waals surface area (Å²) in [6, 6.07) is 25.8. The van der Waals surface area contributed by atoms with E-state index in [-0.39, 0.29) is 11.4 Å². The summed E-state index contributed by atoms with van der Waals surface area (Å²) in [5.74, 6) is -0.906. The van der Waals surface area contributed by atoms with Crippen LogP contribution in [0.4, 0.5) is 0 Å². The highest BCUT2D eigenvalue weighted by molar-refractivity contribution is 7.10. The molecule has 4 aromatic rings. The lowest BCUT2D eigenvalue weighted by Gasteiger charge is -2.11. The molecule has 0 radical (unpaired) electrons. The number of thiophene rings is 1. The first-order chi connectivity index (χ1) is 19.0. The van der Waals surface area contributed by atoms with Gasteiger partial charge in [-0.3, -0.25) is 9.59 Å². The first-order valence-electron chi connectivity index (χ1n) is 12.0. The third kappa shape index (κ3) is 7.73. The molecule has 0 fully saturated rings. The van der Waals surface area contributed by atoms with Crippen LogP contribution in [0.15, 0.2) is 107 Å². The summed E-state index contributed by atoms with van der Waals surface area (Å²) in [6.07, 6.45) is 3.00. The summed E-state index contributed by atoms with van der Waals surface area (Å²) in [7, 11) is 0. The number of amides is 2. The smallest absolute Gasteiger partial charge is 0.343 e. The van der Waals surface area contributed by atoms with Crippen LogP contribution in [-0.4, -0.2) is 30.6 Å². The maximum atomic E-state index is 12.9. The van der Waals surface area contributed by atoms with Gasteiger partial charge in [-0.1, -0.05) is 42.5 Å². The summed E-state index contributed by atoms with van der Waals surface area (Å²) in [4.78, 5) is 38.8. The molecular weight excluding hydrogens is 514 g/mol. The van der Waals surface area contributed by atoms with Crippen LogP contribution in [0.1, 0.15) is 38.1 Å². The lowest BCUT2D eigenvalue weighted by atomic mass is 10.2. The molecule has 0 spiro atoms. The van der Waals surface area contributed by atoms with Crippen LogP contribution < -0.4 is 20.2 Å². The number of nitrogens with one attached hydrogen (secondary N) is 2. The van der Waals surface area contributed by atoms with Crippen molar-refractivity contribution in [3.63, 3.8) is 0 Å². The van der Waals surface area contributed by atoms with Gasteiger partial charge in [0.25, 0.3) is 11.8 Å². The maximum Gasteiger partial charge on any atom is 0.343 e. The van der Waals surface area contributed by atoms with E-state index in [9.17, 15) is 14.4 Å². The third-order valence-corrected chi connectivity index (χ3v) is 6.04. The van der Waals surface area contributed by atoms with E-state index in [1.54, 1.807) is 78.9 Å². The number of esters is 1. The van der Waals surface area contributed by atoms with Gasteiger partial charge in [-0.2, -0.15) is 5.10 Å². The molecule has 2 N–H and O–H groups in total. The summed E-state index contributed by atoms with van der Waals surface area (Å²) in [5, 5.41) is 8.56. The first-order valence-corrected chi connectivity index (χ1v) is 12.9. The van der Waals surface area contributed by atoms with Crippen LogP contribution in [0.5, 0.6) is 11.5 Å². The van der Waals surface area contributed by atoms with E-state index in [1.165, 1.54) is 17.6 Å². The Bertz CT molecular complexity index is 1480. The van der Waals surface area contributed by atoms with Crippen molar-refractivity contribution in [3.8, 4) is 11.5 Å². The number of carbonyl (C=O) groups excluding carboxylic acids is 3. The molecule has 0 atom stereocenters. The Morgan fingerprint density at radius 3 is 2.26 bits per heavy atom. The van der Waals surface area contributed by atoms with Crippen LogP contribution in [0.3, 0.4) is 0 Å². The molecule has 2 amide bonds. The Kier molecular flexibility index (Phi) is 9.36. The fourth-order valence-electron chi connectivity index (χ4n) is 3.37. The molecule has 0 bridgehead atoms. The van der Waals surface area contributed by atoms with Crippen LogP contribution in [-0.2, 0) is 4.79 Å². The zero-order valence-corrected chi connectivity index (χ0v) is 21.8. The van der Waals surface area contributed by atoms with Gasteiger partial charge < -0.3 is 14.8 Å². The van der Waals surface area contributed by atoms with Crippen molar-refractivity contribution in [1.29, 1.82) is 0 Å². The summed E-state index contributed by atoms with van der Waals surface area (Å²) in [6.45, 7) is 2.17. The van der Waals surface area contributed by atoms with Crippen molar-refractivity contribution in [1.82, 2.24) is 10.7 Å². The van der Waals surface area contributed by atoms with Crippen molar-refractivity contribution < 1.29 is 23.9 Å². The number of hydrogen-bond donors (Lipinski definition) is 2. The van der Waals surface area contributed by atoms with Gasteiger partial charge in [0, 0.05) is 10.4 Å². The predicted octanol–water partition coefficient (Wildman–Crippen LogP) is 5.29. The fraction of sp³-hybridized carbons (Fsp3) is 0.0667. The number of carbonyl (C=O) groups is 3. The lowest BCUT2D eigenvalue weighted by Crippen LogP contribution is -2.32. The average molecular weight is 540 g/mol. The average Bonchev–Trinajstić information content (AvgIpc) is 3.48. The molecule has 1 heterocycles. The zero-order valence-electron chi connectivity index (χ0n) is 21.0. The molecule has 3 aromatic carbocycles. The summed E-state index contributed by atoms with van der Waals surface area (Å²) >= 11 is 1.43. The lowest BCUT2D eigenvalue weighted by molar-refractivity contribution is -0.117. The summed E-state index contributed by atoms with van der Waals surface area (Å²) < 4.78 is 11.2. The Morgan fingerprint density at radius 2 is 1.59 bits per heavy atom. The van der Waals surface area contributed by atoms with E-state index < -0.39 is 17.8 Å².